The summed E-state index contributed by atoms with van der Waals surface area (Å²) < 4.78 is 3.96. The van der Waals surface area contributed by atoms with Crippen molar-refractivity contribution in [2.24, 2.45) is 0 Å². The Kier molecular flexibility index (Phi) is 3.53. The van der Waals surface area contributed by atoms with Gasteiger partial charge in [-0.3, -0.25) is 0 Å². The van der Waals surface area contributed by atoms with Crippen molar-refractivity contribution in [3.05, 3.63) is 59.1 Å². The molecule has 0 spiro atoms. The molecule has 0 aliphatic rings. The van der Waals surface area contributed by atoms with Crippen molar-refractivity contribution in [2.45, 2.75) is 13.0 Å². The van der Waals surface area contributed by atoms with Gasteiger partial charge in [-0.1, -0.05) is 47.8 Å². The largest absolute Gasteiger partial charge is 0.305 e. The molecule has 0 saturated heterocycles. The van der Waals surface area contributed by atoms with Gasteiger partial charge >= 0.3 is 0 Å². The number of rotatable bonds is 4. The second-order valence-electron chi connectivity index (χ2n) is 4.43. The van der Waals surface area contributed by atoms with E-state index in [1.807, 2.05) is 5.38 Å². The summed E-state index contributed by atoms with van der Waals surface area (Å²) in [6.07, 6.45) is 0. The molecule has 0 bridgehead atoms. The lowest BCUT2D eigenvalue weighted by Gasteiger charge is -2.16. The zero-order valence-electron chi connectivity index (χ0n) is 10.7. The maximum Gasteiger partial charge on any atom is 0.0970 e. The fourth-order valence-corrected chi connectivity index (χ4v) is 2.76. The van der Waals surface area contributed by atoms with Crippen LogP contribution in [0.15, 0.2) is 47.8 Å². The van der Waals surface area contributed by atoms with Crippen molar-refractivity contribution >= 4 is 22.3 Å². The van der Waals surface area contributed by atoms with E-state index in [9.17, 15) is 0 Å². The van der Waals surface area contributed by atoms with E-state index in [0.717, 1.165) is 12.2 Å². The standard InChI is InChI=1S/C15H15N3S/c1-2-16-15(14-10-19-18-17-14)13-8-7-11-5-3-4-6-12(11)9-13/h3-10,15-16H,2H2,1H3. The Bertz CT molecular complexity index is 664. The third kappa shape index (κ3) is 2.50. The van der Waals surface area contributed by atoms with Crippen molar-refractivity contribution < 1.29 is 0 Å². The van der Waals surface area contributed by atoms with E-state index >= 15 is 0 Å². The highest BCUT2D eigenvalue weighted by atomic mass is 32.1. The molecule has 3 nitrogen and oxygen atoms in total. The minimum atomic E-state index is 0.119. The van der Waals surface area contributed by atoms with E-state index in [-0.39, 0.29) is 6.04 Å². The highest BCUT2D eigenvalue weighted by molar-refractivity contribution is 7.03. The van der Waals surface area contributed by atoms with Gasteiger partial charge < -0.3 is 5.32 Å². The van der Waals surface area contributed by atoms with Gasteiger partial charge in [-0.05, 0) is 40.5 Å². The van der Waals surface area contributed by atoms with Crippen LogP contribution in [0.1, 0.15) is 24.2 Å². The fourth-order valence-electron chi connectivity index (χ4n) is 2.28. The lowest BCUT2D eigenvalue weighted by atomic mass is 10.0. The SMILES string of the molecule is CCNC(c1ccc2ccccc2c1)c1csnn1. The van der Waals surface area contributed by atoms with E-state index in [4.69, 9.17) is 0 Å². The van der Waals surface area contributed by atoms with Gasteiger partial charge in [0.15, 0.2) is 0 Å². The summed E-state index contributed by atoms with van der Waals surface area (Å²) in [7, 11) is 0. The first-order valence-corrected chi connectivity index (χ1v) is 7.21. The van der Waals surface area contributed by atoms with Gasteiger partial charge in [0.1, 0.15) is 0 Å². The Morgan fingerprint density at radius 1 is 1.16 bits per heavy atom. The number of nitrogens with zero attached hydrogens (tertiary/aromatic N) is 2. The molecule has 2 aromatic carbocycles. The molecular weight excluding hydrogens is 254 g/mol. The van der Waals surface area contributed by atoms with Gasteiger partial charge in [0.2, 0.25) is 0 Å². The lowest BCUT2D eigenvalue weighted by Crippen LogP contribution is -2.22. The Labute approximate surface area is 116 Å². The van der Waals surface area contributed by atoms with E-state index in [1.165, 1.54) is 27.9 Å². The first kappa shape index (κ1) is 12.3. The van der Waals surface area contributed by atoms with Gasteiger partial charge in [-0.2, -0.15) is 0 Å². The smallest absolute Gasteiger partial charge is 0.0970 e. The molecule has 1 atom stereocenters. The molecule has 0 aliphatic carbocycles. The van der Waals surface area contributed by atoms with E-state index in [0.29, 0.717) is 0 Å². The van der Waals surface area contributed by atoms with Crippen LogP contribution >= 0.6 is 11.5 Å². The maximum absolute atomic E-state index is 4.20. The van der Waals surface area contributed by atoms with Crippen LogP contribution in [0.2, 0.25) is 0 Å². The highest BCUT2D eigenvalue weighted by Crippen LogP contribution is 2.24. The summed E-state index contributed by atoms with van der Waals surface area (Å²) in [5, 5.41) is 12.2. The molecule has 1 aromatic heterocycles. The van der Waals surface area contributed by atoms with Gasteiger partial charge in [-0.15, -0.1) is 5.10 Å². The fraction of sp³-hybridized carbons (Fsp3) is 0.200. The average molecular weight is 269 g/mol. The molecule has 4 heteroatoms. The van der Waals surface area contributed by atoms with Crippen LogP contribution < -0.4 is 5.32 Å². The lowest BCUT2D eigenvalue weighted by molar-refractivity contribution is 0.614. The Hall–Kier alpha value is -1.78. The molecule has 1 N–H and O–H groups in total. The summed E-state index contributed by atoms with van der Waals surface area (Å²) >= 11 is 1.39. The van der Waals surface area contributed by atoms with Gasteiger partial charge in [0.05, 0.1) is 11.7 Å². The van der Waals surface area contributed by atoms with Gasteiger partial charge in [0.25, 0.3) is 0 Å². The normalized spacial score (nSPS) is 12.7. The Morgan fingerprint density at radius 2 is 2.00 bits per heavy atom. The number of hydrogen-bond acceptors (Lipinski definition) is 4. The first-order valence-electron chi connectivity index (χ1n) is 6.37. The van der Waals surface area contributed by atoms with Crippen LogP contribution in [0.4, 0.5) is 0 Å². The summed E-state index contributed by atoms with van der Waals surface area (Å²) in [6, 6.07) is 15.1. The van der Waals surface area contributed by atoms with Crippen LogP contribution in [0.3, 0.4) is 0 Å². The second-order valence-corrected chi connectivity index (χ2v) is 5.04. The molecule has 0 fully saturated rings. The third-order valence-corrected chi connectivity index (χ3v) is 3.71. The molecule has 19 heavy (non-hydrogen) atoms. The molecule has 1 heterocycles. The highest BCUT2D eigenvalue weighted by Gasteiger charge is 2.15. The number of benzene rings is 2. The summed E-state index contributed by atoms with van der Waals surface area (Å²) in [6.45, 7) is 3.00. The second kappa shape index (κ2) is 5.47. The molecule has 0 radical (unpaired) electrons. The van der Waals surface area contributed by atoms with Crippen LogP contribution in [0, 0.1) is 0 Å². The molecule has 96 valence electrons. The Morgan fingerprint density at radius 3 is 2.74 bits per heavy atom. The average Bonchev–Trinajstić information content (AvgIpc) is 2.98. The number of hydrogen-bond donors (Lipinski definition) is 1. The number of nitrogens with one attached hydrogen (secondary N) is 1. The summed E-state index contributed by atoms with van der Waals surface area (Å²) in [4.78, 5) is 0. The third-order valence-electron chi connectivity index (χ3n) is 3.19. The van der Waals surface area contributed by atoms with E-state index in [1.54, 1.807) is 0 Å². The predicted molar refractivity (Wildman–Crippen MR) is 79.4 cm³/mol. The Balaban J connectivity index is 2.05. The molecule has 0 saturated carbocycles. The van der Waals surface area contributed by atoms with Gasteiger partial charge in [-0.25, -0.2) is 0 Å². The zero-order valence-corrected chi connectivity index (χ0v) is 11.5. The van der Waals surface area contributed by atoms with Crippen LogP contribution in [0.25, 0.3) is 10.8 Å². The molecule has 0 aliphatic heterocycles. The molecular formula is C15H15N3S. The van der Waals surface area contributed by atoms with Crippen molar-refractivity contribution in [1.82, 2.24) is 14.9 Å². The molecule has 0 amide bonds. The first-order chi connectivity index (χ1) is 9.38. The maximum atomic E-state index is 4.20. The molecule has 3 aromatic rings. The van der Waals surface area contributed by atoms with E-state index in [2.05, 4.69) is 64.3 Å². The minimum Gasteiger partial charge on any atom is -0.305 e. The summed E-state index contributed by atoms with van der Waals surface area (Å²) in [5.74, 6) is 0. The summed E-state index contributed by atoms with van der Waals surface area (Å²) in [5.41, 5.74) is 2.22. The molecule has 3 rings (SSSR count). The van der Waals surface area contributed by atoms with Crippen LogP contribution in [0.5, 0.6) is 0 Å². The van der Waals surface area contributed by atoms with Crippen molar-refractivity contribution in [1.29, 1.82) is 0 Å². The van der Waals surface area contributed by atoms with Crippen molar-refractivity contribution in [3.8, 4) is 0 Å². The molecule has 1 unspecified atom stereocenters. The van der Waals surface area contributed by atoms with E-state index < -0.39 is 0 Å². The van der Waals surface area contributed by atoms with Crippen molar-refractivity contribution in [2.75, 3.05) is 6.54 Å². The van der Waals surface area contributed by atoms with Crippen molar-refractivity contribution in [3.63, 3.8) is 0 Å². The van der Waals surface area contributed by atoms with Gasteiger partial charge in [0, 0.05) is 5.38 Å². The van der Waals surface area contributed by atoms with Crippen LogP contribution in [-0.2, 0) is 0 Å². The zero-order chi connectivity index (χ0) is 13.1. The van der Waals surface area contributed by atoms with Crippen LogP contribution in [-0.4, -0.2) is 16.1 Å². The monoisotopic (exact) mass is 269 g/mol. The number of aromatic nitrogens is 2. The minimum absolute atomic E-state index is 0.119. The topological polar surface area (TPSA) is 37.8 Å². The number of fused-ring (bicyclic) bond motifs is 1. The quantitative estimate of drug-likeness (QED) is 0.789. The predicted octanol–water partition coefficient (Wildman–Crippen LogP) is 3.39.